The van der Waals surface area contributed by atoms with Crippen LogP contribution in [-0.4, -0.2) is 67.0 Å². The summed E-state index contributed by atoms with van der Waals surface area (Å²) in [6.45, 7) is 0.703. The summed E-state index contributed by atoms with van der Waals surface area (Å²) < 4.78 is 32.5. The first-order chi connectivity index (χ1) is 15.8. The summed E-state index contributed by atoms with van der Waals surface area (Å²) in [4.78, 5) is 41.7. The Morgan fingerprint density at radius 3 is 2.30 bits per heavy atom. The number of nitrogens with two attached hydrogens (primary N) is 1. The zero-order valence-corrected chi connectivity index (χ0v) is 18.2. The molecule has 176 valence electrons. The van der Waals surface area contributed by atoms with Gasteiger partial charge in [-0.05, 0) is 36.2 Å². The molecule has 1 atom stereocenters. The summed E-state index contributed by atoms with van der Waals surface area (Å²) in [6, 6.07) is 9.38. The summed E-state index contributed by atoms with van der Waals surface area (Å²) in [5, 5.41) is 2.61. The van der Waals surface area contributed by atoms with E-state index in [4.69, 9.17) is 10.5 Å². The standard InChI is InChI=1S/C23H26F2N4O4/c1-33-19-5-3-15(4-6-19)11-20(30)28-9-2-10-29(22(28)21(31)27-8-7-26)23(32)16-12-17(24)14-18(25)13-16/h3-6,12-14,22H,2,7-11,26H2,1H3,(H,27,31). The van der Waals surface area contributed by atoms with Crippen LogP contribution in [0.1, 0.15) is 22.3 Å². The van der Waals surface area contributed by atoms with Crippen molar-refractivity contribution in [1.29, 1.82) is 0 Å². The van der Waals surface area contributed by atoms with Gasteiger partial charge in [-0.25, -0.2) is 8.78 Å². The number of amides is 3. The summed E-state index contributed by atoms with van der Waals surface area (Å²) >= 11 is 0. The Kier molecular flexibility index (Phi) is 7.94. The first-order valence-electron chi connectivity index (χ1n) is 10.5. The van der Waals surface area contributed by atoms with E-state index in [0.717, 1.165) is 17.0 Å². The number of halogens is 2. The molecule has 8 nitrogen and oxygen atoms in total. The summed E-state index contributed by atoms with van der Waals surface area (Å²) in [5.41, 5.74) is 5.94. The quantitative estimate of drug-likeness (QED) is 0.648. The van der Waals surface area contributed by atoms with Crippen molar-refractivity contribution in [2.24, 2.45) is 5.73 Å². The van der Waals surface area contributed by atoms with Crippen LogP contribution in [0.3, 0.4) is 0 Å². The number of nitrogens with one attached hydrogen (secondary N) is 1. The highest BCUT2D eigenvalue weighted by molar-refractivity contribution is 5.99. The van der Waals surface area contributed by atoms with E-state index in [1.54, 1.807) is 24.3 Å². The molecule has 0 radical (unpaired) electrons. The molecule has 3 N–H and O–H groups in total. The monoisotopic (exact) mass is 460 g/mol. The topological polar surface area (TPSA) is 105 Å². The maximum absolute atomic E-state index is 13.7. The highest BCUT2D eigenvalue weighted by atomic mass is 19.1. The van der Waals surface area contributed by atoms with Crippen molar-refractivity contribution in [3.05, 3.63) is 65.2 Å². The molecule has 1 unspecified atom stereocenters. The first-order valence-corrected chi connectivity index (χ1v) is 10.5. The molecule has 1 fully saturated rings. The van der Waals surface area contributed by atoms with E-state index in [9.17, 15) is 23.2 Å². The van der Waals surface area contributed by atoms with Crippen molar-refractivity contribution in [2.45, 2.75) is 19.0 Å². The Balaban J connectivity index is 1.88. The average Bonchev–Trinajstić information content (AvgIpc) is 2.81. The van der Waals surface area contributed by atoms with Crippen molar-refractivity contribution in [3.8, 4) is 5.75 Å². The molecular formula is C23H26F2N4O4. The van der Waals surface area contributed by atoms with Crippen LogP contribution in [0.4, 0.5) is 8.78 Å². The van der Waals surface area contributed by atoms with Gasteiger partial charge in [-0.2, -0.15) is 0 Å². The number of methoxy groups -OCH3 is 1. The van der Waals surface area contributed by atoms with Crippen molar-refractivity contribution < 1.29 is 27.9 Å². The molecule has 2 aromatic carbocycles. The zero-order chi connectivity index (χ0) is 24.0. The van der Waals surface area contributed by atoms with Gasteiger partial charge in [-0.1, -0.05) is 12.1 Å². The molecule has 2 aromatic rings. The van der Waals surface area contributed by atoms with Gasteiger partial charge in [-0.3, -0.25) is 14.4 Å². The third kappa shape index (κ3) is 5.83. The zero-order valence-electron chi connectivity index (χ0n) is 18.2. The molecule has 3 rings (SSSR count). The molecule has 1 saturated heterocycles. The SMILES string of the molecule is COc1ccc(CC(=O)N2CCCN(C(=O)c3cc(F)cc(F)c3)C2C(=O)NCCN)cc1. The highest BCUT2D eigenvalue weighted by Gasteiger charge is 2.40. The lowest BCUT2D eigenvalue weighted by molar-refractivity contribution is -0.148. The molecule has 0 aliphatic carbocycles. The Bertz CT molecular complexity index is 996. The van der Waals surface area contributed by atoms with Crippen LogP contribution in [0.15, 0.2) is 42.5 Å². The van der Waals surface area contributed by atoms with Crippen LogP contribution in [-0.2, 0) is 16.0 Å². The van der Waals surface area contributed by atoms with Gasteiger partial charge in [0.05, 0.1) is 13.5 Å². The molecule has 0 spiro atoms. The average molecular weight is 460 g/mol. The third-order valence-electron chi connectivity index (χ3n) is 5.27. The van der Waals surface area contributed by atoms with E-state index in [1.807, 2.05) is 0 Å². The van der Waals surface area contributed by atoms with Crippen molar-refractivity contribution in [1.82, 2.24) is 15.1 Å². The van der Waals surface area contributed by atoms with Crippen molar-refractivity contribution >= 4 is 17.7 Å². The fourth-order valence-corrected chi connectivity index (χ4v) is 3.73. The molecule has 1 heterocycles. The maximum atomic E-state index is 13.7. The lowest BCUT2D eigenvalue weighted by atomic mass is 10.1. The Hall–Kier alpha value is -3.53. The summed E-state index contributed by atoms with van der Waals surface area (Å²) in [6.07, 6.45) is -0.866. The lowest BCUT2D eigenvalue weighted by Crippen LogP contribution is -2.64. The van der Waals surface area contributed by atoms with E-state index >= 15 is 0 Å². The second-order valence-corrected chi connectivity index (χ2v) is 7.58. The summed E-state index contributed by atoms with van der Waals surface area (Å²) in [7, 11) is 1.54. The number of carbonyl (C=O) groups is 3. The van der Waals surface area contributed by atoms with Crippen LogP contribution in [0.25, 0.3) is 0 Å². The molecule has 1 aliphatic rings. The van der Waals surface area contributed by atoms with Gasteiger partial charge in [0, 0.05) is 37.8 Å². The van der Waals surface area contributed by atoms with Gasteiger partial charge in [0.25, 0.3) is 11.8 Å². The number of hydrogen-bond donors (Lipinski definition) is 2. The molecule has 0 aromatic heterocycles. The van der Waals surface area contributed by atoms with Gasteiger partial charge in [0.1, 0.15) is 17.4 Å². The minimum atomic E-state index is -1.27. The number of benzene rings is 2. The minimum Gasteiger partial charge on any atom is -0.497 e. The first kappa shape index (κ1) is 24.1. The summed E-state index contributed by atoms with van der Waals surface area (Å²) in [5.74, 6) is -2.88. The van der Waals surface area contributed by atoms with Crippen LogP contribution in [0.5, 0.6) is 5.75 Å². The molecule has 3 amide bonds. The highest BCUT2D eigenvalue weighted by Crippen LogP contribution is 2.21. The predicted molar refractivity (Wildman–Crippen MR) is 116 cm³/mol. The van der Waals surface area contributed by atoms with Gasteiger partial charge < -0.3 is 25.6 Å². The fraction of sp³-hybridized carbons (Fsp3) is 0.348. The normalized spacial score (nSPS) is 15.8. The molecule has 10 heteroatoms. The smallest absolute Gasteiger partial charge is 0.263 e. The predicted octanol–water partition coefficient (Wildman–Crippen LogP) is 1.29. The number of ether oxygens (including phenoxy) is 1. The van der Waals surface area contributed by atoms with Gasteiger partial charge in [0.15, 0.2) is 6.17 Å². The number of nitrogens with zero attached hydrogens (tertiary/aromatic N) is 2. The lowest BCUT2D eigenvalue weighted by Gasteiger charge is -2.42. The maximum Gasteiger partial charge on any atom is 0.263 e. The van der Waals surface area contributed by atoms with Crippen LogP contribution < -0.4 is 15.8 Å². The van der Waals surface area contributed by atoms with Crippen molar-refractivity contribution in [2.75, 3.05) is 33.3 Å². The van der Waals surface area contributed by atoms with Gasteiger partial charge in [0.2, 0.25) is 5.91 Å². The third-order valence-corrected chi connectivity index (χ3v) is 5.27. The number of rotatable bonds is 7. The van der Waals surface area contributed by atoms with Gasteiger partial charge in [-0.15, -0.1) is 0 Å². The Morgan fingerprint density at radius 1 is 1.06 bits per heavy atom. The van der Waals surface area contributed by atoms with E-state index in [-0.39, 0.29) is 44.1 Å². The van der Waals surface area contributed by atoms with Crippen LogP contribution in [0, 0.1) is 11.6 Å². The van der Waals surface area contributed by atoms with Gasteiger partial charge >= 0.3 is 0 Å². The van der Waals surface area contributed by atoms with Crippen LogP contribution >= 0.6 is 0 Å². The molecule has 0 saturated carbocycles. The molecule has 1 aliphatic heterocycles. The second-order valence-electron chi connectivity index (χ2n) is 7.58. The van der Waals surface area contributed by atoms with Crippen LogP contribution in [0.2, 0.25) is 0 Å². The number of hydrogen-bond acceptors (Lipinski definition) is 5. The minimum absolute atomic E-state index is 0.00128. The van der Waals surface area contributed by atoms with E-state index in [2.05, 4.69) is 5.32 Å². The molecule has 0 bridgehead atoms. The molecular weight excluding hydrogens is 434 g/mol. The van der Waals surface area contributed by atoms with E-state index in [0.29, 0.717) is 23.8 Å². The Labute approximate surface area is 190 Å². The number of carbonyl (C=O) groups excluding carboxylic acids is 3. The van der Waals surface area contributed by atoms with Crippen molar-refractivity contribution in [3.63, 3.8) is 0 Å². The van der Waals surface area contributed by atoms with E-state index in [1.165, 1.54) is 12.0 Å². The Morgan fingerprint density at radius 2 is 1.70 bits per heavy atom. The molecule has 33 heavy (non-hydrogen) atoms. The largest absolute Gasteiger partial charge is 0.497 e. The van der Waals surface area contributed by atoms with E-state index < -0.39 is 29.6 Å². The second kappa shape index (κ2) is 10.9. The fourth-order valence-electron chi connectivity index (χ4n) is 3.73.